The lowest BCUT2D eigenvalue weighted by atomic mass is 10.1. The molecule has 126 valence electrons. The molecule has 1 aliphatic rings. The van der Waals surface area contributed by atoms with E-state index in [0.29, 0.717) is 18.9 Å². The zero-order chi connectivity index (χ0) is 17.2. The first-order valence-corrected chi connectivity index (χ1v) is 7.57. The monoisotopic (exact) mass is 321 g/mol. The van der Waals surface area contributed by atoms with Gasteiger partial charge in [0, 0.05) is 19.3 Å². The Morgan fingerprint density at radius 3 is 2.61 bits per heavy atom. The molecule has 1 aromatic heterocycles. The third-order valence-electron chi connectivity index (χ3n) is 3.51. The van der Waals surface area contributed by atoms with Gasteiger partial charge in [0.25, 0.3) is 0 Å². The molecule has 0 unspecified atom stereocenters. The number of carbonyl (C=O) groups is 2. The second kappa shape index (κ2) is 6.44. The van der Waals surface area contributed by atoms with Crippen LogP contribution in [0.5, 0.6) is 0 Å². The molecule has 1 fully saturated rings. The number of carboxylic acids is 1. The number of pyridine rings is 1. The summed E-state index contributed by atoms with van der Waals surface area (Å²) in [5, 5.41) is 9.52. The van der Waals surface area contributed by atoms with E-state index in [-0.39, 0.29) is 6.54 Å². The molecule has 0 saturated carbocycles. The van der Waals surface area contributed by atoms with Gasteiger partial charge in [-0.25, -0.2) is 14.6 Å². The van der Waals surface area contributed by atoms with Crippen LogP contribution in [0.1, 0.15) is 26.3 Å². The quantitative estimate of drug-likeness (QED) is 0.896. The van der Waals surface area contributed by atoms with Crippen molar-refractivity contribution in [3.8, 4) is 0 Å². The molecule has 1 amide bonds. The molecular weight excluding hydrogens is 298 g/mol. The predicted molar refractivity (Wildman–Crippen MR) is 85.6 cm³/mol. The fourth-order valence-electron chi connectivity index (χ4n) is 2.44. The summed E-state index contributed by atoms with van der Waals surface area (Å²) in [5.74, 6) is -0.372. The molecule has 0 radical (unpaired) electrons. The fourth-order valence-corrected chi connectivity index (χ4v) is 2.44. The van der Waals surface area contributed by atoms with Gasteiger partial charge in [0.2, 0.25) is 0 Å². The lowest BCUT2D eigenvalue weighted by Gasteiger charge is -2.40. The van der Waals surface area contributed by atoms with E-state index in [0.717, 1.165) is 5.56 Å². The summed E-state index contributed by atoms with van der Waals surface area (Å²) in [5.41, 5.74) is 0.402. The first-order valence-electron chi connectivity index (χ1n) is 7.57. The highest BCUT2D eigenvalue weighted by atomic mass is 16.6. The Balaban J connectivity index is 2.15. The third-order valence-corrected chi connectivity index (χ3v) is 3.51. The highest BCUT2D eigenvalue weighted by Gasteiger charge is 2.36. The van der Waals surface area contributed by atoms with Crippen LogP contribution in [0, 0.1) is 6.92 Å². The highest BCUT2D eigenvalue weighted by Crippen LogP contribution is 2.21. The van der Waals surface area contributed by atoms with E-state index in [1.165, 1.54) is 4.90 Å². The number of amides is 1. The number of aromatic nitrogens is 1. The maximum atomic E-state index is 12.2. The van der Waals surface area contributed by atoms with Crippen molar-refractivity contribution in [3.63, 3.8) is 0 Å². The van der Waals surface area contributed by atoms with Crippen molar-refractivity contribution >= 4 is 17.9 Å². The van der Waals surface area contributed by atoms with Gasteiger partial charge in [-0.1, -0.05) is 0 Å². The van der Waals surface area contributed by atoms with Gasteiger partial charge >= 0.3 is 12.1 Å². The van der Waals surface area contributed by atoms with Crippen LogP contribution in [-0.2, 0) is 9.53 Å². The van der Waals surface area contributed by atoms with Gasteiger partial charge in [-0.2, -0.15) is 0 Å². The molecule has 0 aromatic carbocycles. The standard InChI is InChI=1S/C16H23N3O4/c1-11-5-6-17-13(9-11)19-8-7-18(10-12(19)14(20)21)15(22)23-16(2,3)4/h5-6,9,12H,7-8,10H2,1-4H3,(H,20,21)/t12-/m0/s1. The lowest BCUT2D eigenvalue weighted by molar-refractivity contribution is -0.139. The van der Waals surface area contributed by atoms with Gasteiger partial charge in [0.15, 0.2) is 0 Å². The molecule has 1 aromatic rings. The SMILES string of the molecule is Cc1ccnc(N2CCN(C(=O)OC(C)(C)C)C[C@H]2C(=O)O)c1. The summed E-state index contributed by atoms with van der Waals surface area (Å²) in [6.45, 7) is 8.14. The number of piperazine rings is 1. The van der Waals surface area contributed by atoms with E-state index in [1.54, 1.807) is 31.9 Å². The zero-order valence-electron chi connectivity index (χ0n) is 13.9. The number of ether oxygens (including phenoxy) is 1. The summed E-state index contributed by atoms with van der Waals surface area (Å²) in [7, 11) is 0. The van der Waals surface area contributed by atoms with E-state index < -0.39 is 23.7 Å². The molecule has 23 heavy (non-hydrogen) atoms. The molecule has 1 atom stereocenters. The Kier molecular flexibility index (Phi) is 4.77. The van der Waals surface area contributed by atoms with Crippen molar-refractivity contribution in [2.75, 3.05) is 24.5 Å². The Hall–Kier alpha value is -2.31. The first-order chi connectivity index (χ1) is 10.7. The van der Waals surface area contributed by atoms with Crippen molar-refractivity contribution in [2.24, 2.45) is 0 Å². The summed E-state index contributed by atoms with van der Waals surface area (Å²) in [4.78, 5) is 31.2. The molecular formula is C16H23N3O4. The van der Waals surface area contributed by atoms with Gasteiger partial charge in [-0.05, 0) is 45.4 Å². The van der Waals surface area contributed by atoms with Crippen molar-refractivity contribution in [2.45, 2.75) is 39.3 Å². The highest BCUT2D eigenvalue weighted by molar-refractivity contribution is 5.80. The summed E-state index contributed by atoms with van der Waals surface area (Å²) >= 11 is 0. The summed E-state index contributed by atoms with van der Waals surface area (Å²) in [6.07, 6.45) is 1.17. The Morgan fingerprint density at radius 1 is 1.35 bits per heavy atom. The van der Waals surface area contributed by atoms with Crippen LogP contribution in [0.3, 0.4) is 0 Å². The maximum Gasteiger partial charge on any atom is 0.410 e. The lowest BCUT2D eigenvalue weighted by Crippen LogP contribution is -2.58. The van der Waals surface area contributed by atoms with Crippen LogP contribution in [0.25, 0.3) is 0 Å². The van der Waals surface area contributed by atoms with E-state index in [2.05, 4.69) is 4.98 Å². The average Bonchev–Trinajstić information content (AvgIpc) is 2.44. The number of rotatable bonds is 2. The Morgan fingerprint density at radius 2 is 2.04 bits per heavy atom. The second-order valence-electron chi connectivity index (χ2n) is 6.67. The first kappa shape index (κ1) is 17.1. The number of nitrogens with zero attached hydrogens (tertiary/aromatic N) is 3. The maximum absolute atomic E-state index is 12.2. The van der Waals surface area contributed by atoms with Crippen molar-refractivity contribution in [3.05, 3.63) is 23.9 Å². The number of aryl methyl sites for hydroxylation is 1. The Labute approximate surface area is 135 Å². The van der Waals surface area contributed by atoms with Crippen LogP contribution in [0.4, 0.5) is 10.6 Å². The molecule has 2 heterocycles. The van der Waals surface area contributed by atoms with Crippen molar-refractivity contribution in [1.82, 2.24) is 9.88 Å². The van der Waals surface area contributed by atoms with Gasteiger partial charge in [-0.3, -0.25) is 0 Å². The van der Waals surface area contributed by atoms with Gasteiger partial charge in [0.05, 0.1) is 6.54 Å². The van der Waals surface area contributed by atoms with Crippen LogP contribution >= 0.6 is 0 Å². The van der Waals surface area contributed by atoms with E-state index >= 15 is 0 Å². The van der Waals surface area contributed by atoms with Crippen LogP contribution < -0.4 is 4.90 Å². The number of aliphatic carboxylic acids is 1. The average molecular weight is 321 g/mol. The number of anilines is 1. The molecule has 0 spiro atoms. The second-order valence-corrected chi connectivity index (χ2v) is 6.67. The number of hydrogen-bond donors (Lipinski definition) is 1. The number of carboxylic acid groups (broad SMARTS) is 1. The molecule has 1 aliphatic heterocycles. The smallest absolute Gasteiger partial charge is 0.410 e. The van der Waals surface area contributed by atoms with Crippen LogP contribution in [-0.4, -0.2) is 58.3 Å². The third kappa shape index (κ3) is 4.34. The van der Waals surface area contributed by atoms with Gasteiger partial charge in [-0.15, -0.1) is 0 Å². The largest absolute Gasteiger partial charge is 0.480 e. The molecule has 0 bridgehead atoms. The summed E-state index contributed by atoms with van der Waals surface area (Å²) < 4.78 is 5.33. The van der Waals surface area contributed by atoms with Gasteiger partial charge in [0.1, 0.15) is 17.5 Å². The van der Waals surface area contributed by atoms with Crippen LogP contribution in [0.2, 0.25) is 0 Å². The van der Waals surface area contributed by atoms with Crippen LogP contribution in [0.15, 0.2) is 18.3 Å². The zero-order valence-corrected chi connectivity index (χ0v) is 13.9. The molecule has 0 aliphatic carbocycles. The number of hydrogen-bond acceptors (Lipinski definition) is 5. The minimum atomic E-state index is -0.985. The van der Waals surface area contributed by atoms with E-state index in [1.807, 2.05) is 19.1 Å². The normalized spacial score (nSPS) is 18.7. The molecule has 1 saturated heterocycles. The molecule has 2 rings (SSSR count). The number of carbonyl (C=O) groups excluding carboxylic acids is 1. The minimum Gasteiger partial charge on any atom is -0.480 e. The van der Waals surface area contributed by atoms with Crippen molar-refractivity contribution in [1.29, 1.82) is 0 Å². The summed E-state index contributed by atoms with van der Waals surface area (Å²) in [6, 6.07) is 2.86. The molecule has 7 heteroatoms. The predicted octanol–water partition coefficient (Wildman–Crippen LogP) is 1.90. The Bertz CT molecular complexity index is 597. The minimum absolute atomic E-state index is 0.0693. The molecule has 7 nitrogen and oxygen atoms in total. The molecule has 1 N–H and O–H groups in total. The topological polar surface area (TPSA) is 83.0 Å². The fraction of sp³-hybridized carbons (Fsp3) is 0.562. The van der Waals surface area contributed by atoms with E-state index in [9.17, 15) is 14.7 Å². The van der Waals surface area contributed by atoms with Gasteiger partial charge < -0.3 is 19.6 Å². The van der Waals surface area contributed by atoms with E-state index in [4.69, 9.17) is 4.74 Å². The van der Waals surface area contributed by atoms with Crippen molar-refractivity contribution < 1.29 is 19.4 Å².